The van der Waals surface area contributed by atoms with E-state index in [1.807, 2.05) is 27.9 Å². The molecule has 0 bridgehead atoms. The van der Waals surface area contributed by atoms with Gasteiger partial charge in [-0.2, -0.15) is 0 Å². The van der Waals surface area contributed by atoms with Gasteiger partial charge in [0.25, 0.3) is 0 Å². The molecular formula is C10H14N4O. The molecule has 0 radical (unpaired) electrons. The summed E-state index contributed by atoms with van der Waals surface area (Å²) >= 11 is 0. The molecule has 0 saturated heterocycles. The Morgan fingerprint density at radius 2 is 2.07 bits per heavy atom. The topological polar surface area (TPSA) is 55.9 Å². The van der Waals surface area contributed by atoms with Crippen LogP contribution in [0.5, 0.6) is 0 Å². The van der Waals surface area contributed by atoms with Crippen LogP contribution < -0.4 is 0 Å². The second kappa shape index (κ2) is 4.75. The van der Waals surface area contributed by atoms with Crippen LogP contribution in [-0.4, -0.2) is 24.2 Å². The van der Waals surface area contributed by atoms with Gasteiger partial charge in [-0.25, -0.2) is 9.97 Å². The summed E-state index contributed by atoms with van der Waals surface area (Å²) in [6.45, 7) is 1.87. The molecule has 0 aromatic carbocycles. The maximum atomic E-state index is 8.84. The van der Waals surface area contributed by atoms with Gasteiger partial charge in [-0.1, -0.05) is 0 Å². The zero-order chi connectivity index (χ0) is 10.5. The number of aliphatic hydroxyl groups is 1. The van der Waals surface area contributed by atoms with Crippen molar-refractivity contribution >= 4 is 0 Å². The number of hydrogen-bond acceptors (Lipinski definition) is 3. The van der Waals surface area contributed by atoms with Gasteiger partial charge in [0, 0.05) is 31.7 Å². The third kappa shape index (κ3) is 2.66. The van der Waals surface area contributed by atoms with Crippen molar-refractivity contribution in [3.63, 3.8) is 0 Å². The number of imidazole rings is 2. The van der Waals surface area contributed by atoms with Crippen molar-refractivity contribution in [2.45, 2.75) is 26.1 Å². The number of aryl methyl sites for hydroxylation is 2. The lowest BCUT2D eigenvalue weighted by Crippen LogP contribution is -2.00. The highest BCUT2D eigenvalue weighted by Gasteiger charge is 1.96. The Labute approximate surface area is 88.0 Å². The van der Waals surface area contributed by atoms with Gasteiger partial charge in [0.2, 0.25) is 0 Å². The summed E-state index contributed by atoms with van der Waals surface area (Å²) < 4.78 is 4.03. The Kier molecular flexibility index (Phi) is 3.14. The molecule has 0 saturated carbocycles. The van der Waals surface area contributed by atoms with Crippen LogP contribution >= 0.6 is 0 Å². The lowest BCUT2D eigenvalue weighted by atomic mass is 10.4. The van der Waals surface area contributed by atoms with E-state index in [2.05, 4.69) is 9.97 Å². The van der Waals surface area contributed by atoms with Crippen molar-refractivity contribution in [3.05, 3.63) is 36.9 Å². The molecule has 80 valence electrons. The van der Waals surface area contributed by atoms with Gasteiger partial charge >= 0.3 is 0 Å². The zero-order valence-electron chi connectivity index (χ0n) is 8.45. The minimum Gasteiger partial charge on any atom is -0.390 e. The Hall–Kier alpha value is -1.62. The lowest BCUT2D eigenvalue weighted by molar-refractivity contribution is 0.277. The van der Waals surface area contributed by atoms with Gasteiger partial charge < -0.3 is 14.2 Å². The van der Waals surface area contributed by atoms with Crippen molar-refractivity contribution in [1.29, 1.82) is 0 Å². The predicted molar refractivity (Wildman–Crippen MR) is 55.0 cm³/mol. The highest BCUT2D eigenvalue weighted by Crippen LogP contribution is 1.99. The first-order valence-electron chi connectivity index (χ1n) is 4.96. The van der Waals surface area contributed by atoms with Crippen LogP contribution in [0.25, 0.3) is 0 Å². The van der Waals surface area contributed by atoms with Crippen LogP contribution in [0, 0.1) is 0 Å². The fourth-order valence-corrected chi connectivity index (χ4v) is 1.47. The van der Waals surface area contributed by atoms with E-state index in [0.29, 0.717) is 0 Å². The first kappa shape index (κ1) is 9.92. The van der Waals surface area contributed by atoms with Crippen LogP contribution in [0.1, 0.15) is 12.1 Å². The summed E-state index contributed by atoms with van der Waals surface area (Å²) in [4.78, 5) is 8.02. The van der Waals surface area contributed by atoms with Crippen molar-refractivity contribution in [1.82, 2.24) is 19.1 Å². The largest absolute Gasteiger partial charge is 0.390 e. The summed E-state index contributed by atoms with van der Waals surface area (Å²) in [5.41, 5.74) is 0.720. The molecule has 0 amide bonds. The molecule has 0 unspecified atom stereocenters. The van der Waals surface area contributed by atoms with Crippen molar-refractivity contribution < 1.29 is 5.11 Å². The smallest absolute Gasteiger partial charge is 0.0950 e. The number of aliphatic hydroxyl groups excluding tert-OH is 1. The lowest BCUT2D eigenvalue weighted by Gasteiger charge is -2.02. The van der Waals surface area contributed by atoms with E-state index in [4.69, 9.17) is 5.11 Å². The van der Waals surface area contributed by atoms with Crippen LogP contribution in [0.15, 0.2) is 31.2 Å². The Bertz CT molecular complexity index is 393. The molecule has 0 aliphatic rings. The molecular weight excluding hydrogens is 192 g/mol. The molecule has 5 heteroatoms. The zero-order valence-corrected chi connectivity index (χ0v) is 8.45. The van der Waals surface area contributed by atoms with Crippen molar-refractivity contribution in [2.75, 3.05) is 0 Å². The molecule has 0 fully saturated rings. The standard InChI is InChI=1S/C10H14N4O/c15-7-10-6-14(9-12-10)4-1-3-13-5-2-11-8-13/h2,5-6,8-9,15H,1,3-4,7H2. The number of nitrogens with zero attached hydrogens (tertiary/aromatic N) is 4. The molecule has 2 aromatic heterocycles. The Balaban J connectivity index is 1.78. The minimum atomic E-state index is 0.00845. The van der Waals surface area contributed by atoms with Gasteiger partial charge in [0.1, 0.15) is 0 Å². The monoisotopic (exact) mass is 206 g/mol. The molecule has 2 rings (SSSR count). The van der Waals surface area contributed by atoms with E-state index in [-0.39, 0.29) is 6.61 Å². The van der Waals surface area contributed by atoms with Gasteiger partial charge in [0.05, 0.1) is 25.0 Å². The third-order valence-corrected chi connectivity index (χ3v) is 2.24. The van der Waals surface area contributed by atoms with Crippen molar-refractivity contribution in [3.8, 4) is 0 Å². The summed E-state index contributed by atoms with van der Waals surface area (Å²) in [7, 11) is 0. The molecule has 0 aliphatic carbocycles. The highest BCUT2D eigenvalue weighted by atomic mass is 16.3. The molecule has 0 aliphatic heterocycles. The quantitative estimate of drug-likeness (QED) is 0.782. The molecule has 1 N–H and O–H groups in total. The molecule has 15 heavy (non-hydrogen) atoms. The van der Waals surface area contributed by atoms with E-state index in [0.717, 1.165) is 25.2 Å². The van der Waals surface area contributed by atoms with Crippen LogP contribution in [-0.2, 0) is 19.7 Å². The third-order valence-electron chi connectivity index (χ3n) is 2.24. The van der Waals surface area contributed by atoms with E-state index >= 15 is 0 Å². The first-order valence-corrected chi connectivity index (χ1v) is 4.96. The van der Waals surface area contributed by atoms with Gasteiger partial charge in [-0.3, -0.25) is 0 Å². The average molecular weight is 206 g/mol. The van der Waals surface area contributed by atoms with Gasteiger partial charge in [0.15, 0.2) is 0 Å². The van der Waals surface area contributed by atoms with Crippen molar-refractivity contribution in [2.24, 2.45) is 0 Å². The Morgan fingerprint density at radius 1 is 1.20 bits per heavy atom. The van der Waals surface area contributed by atoms with Gasteiger partial charge in [-0.15, -0.1) is 0 Å². The van der Waals surface area contributed by atoms with E-state index in [9.17, 15) is 0 Å². The molecule has 0 atom stereocenters. The predicted octanol–water partition coefficient (Wildman–Crippen LogP) is 0.662. The van der Waals surface area contributed by atoms with Crippen LogP contribution in [0.4, 0.5) is 0 Å². The number of hydrogen-bond donors (Lipinski definition) is 1. The fraction of sp³-hybridized carbons (Fsp3) is 0.400. The highest BCUT2D eigenvalue weighted by molar-refractivity contribution is 4.93. The molecule has 2 aromatic rings. The summed E-state index contributed by atoms with van der Waals surface area (Å²) in [6.07, 6.45) is 10.2. The van der Waals surface area contributed by atoms with Crippen LogP contribution in [0.2, 0.25) is 0 Å². The molecule has 5 nitrogen and oxygen atoms in total. The second-order valence-corrected chi connectivity index (χ2v) is 3.42. The molecule has 2 heterocycles. The fourth-order valence-electron chi connectivity index (χ4n) is 1.47. The van der Waals surface area contributed by atoms with Crippen LogP contribution in [0.3, 0.4) is 0 Å². The van der Waals surface area contributed by atoms with E-state index < -0.39 is 0 Å². The van der Waals surface area contributed by atoms with Gasteiger partial charge in [-0.05, 0) is 6.42 Å². The van der Waals surface area contributed by atoms with E-state index in [1.165, 1.54) is 0 Å². The molecule has 0 spiro atoms. The second-order valence-electron chi connectivity index (χ2n) is 3.42. The number of aromatic nitrogens is 4. The first-order chi connectivity index (χ1) is 7.38. The number of rotatable bonds is 5. The maximum Gasteiger partial charge on any atom is 0.0950 e. The SMILES string of the molecule is OCc1cn(CCCn2ccnc2)cn1. The summed E-state index contributed by atoms with van der Waals surface area (Å²) in [5, 5.41) is 8.84. The average Bonchev–Trinajstić information content (AvgIpc) is 2.88. The minimum absolute atomic E-state index is 0.00845. The normalized spacial score (nSPS) is 10.7. The summed E-state index contributed by atoms with van der Waals surface area (Å²) in [5.74, 6) is 0. The Morgan fingerprint density at radius 3 is 2.73 bits per heavy atom. The maximum absolute atomic E-state index is 8.84. The van der Waals surface area contributed by atoms with E-state index in [1.54, 1.807) is 12.5 Å². The summed E-state index contributed by atoms with van der Waals surface area (Å²) in [6, 6.07) is 0.